The summed E-state index contributed by atoms with van der Waals surface area (Å²) in [5, 5.41) is 3.57. The molecule has 1 amide bonds. The fourth-order valence-corrected chi connectivity index (χ4v) is 3.80. The van der Waals surface area contributed by atoms with Gasteiger partial charge in [0.15, 0.2) is 0 Å². The van der Waals surface area contributed by atoms with E-state index in [0.717, 1.165) is 12.8 Å². The molecule has 2 bridgehead atoms. The number of nitrogens with zero attached hydrogens (tertiary/aromatic N) is 1. The predicted octanol–water partition coefficient (Wildman–Crippen LogP) is 2.94. The van der Waals surface area contributed by atoms with E-state index in [0.29, 0.717) is 17.6 Å². The lowest BCUT2D eigenvalue weighted by molar-refractivity contribution is 0.0680. The van der Waals surface area contributed by atoms with Gasteiger partial charge in [-0.1, -0.05) is 6.07 Å². The maximum atomic E-state index is 13.6. The fraction of sp³-hybridized carbons (Fsp3) is 0.533. The number of hydrogen-bond donors (Lipinski definition) is 1. The molecule has 1 aromatic carbocycles. The van der Waals surface area contributed by atoms with Crippen molar-refractivity contribution >= 4 is 21.8 Å². The van der Waals surface area contributed by atoms with Gasteiger partial charge in [0.2, 0.25) is 0 Å². The van der Waals surface area contributed by atoms with Crippen molar-refractivity contribution in [3.05, 3.63) is 34.1 Å². The lowest BCUT2D eigenvalue weighted by atomic mass is 9.98. The zero-order valence-electron chi connectivity index (χ0n) is 11.4. The minimum Gasteiger partial charge on any atom is -0.339 e. The third-order valence-electron chi connectivity index (χ3n) is 4.50. The van der Waals surface area contributed by atoms with Crippen LogP contribution in [0.15, 0.2) is 22.7 Å². The minimum atomic E-state index is -0.394. The quantitative estimate of drug-likeness (QED) is 0.897. The number of nitrogens with one attached hydrogen (secondary N) is 1. The summed E-state index contributed by atoms with van der Waals surface area (Å²) in [4.78, 5) is 14.3. The highest BCUT2D eigenvalue weighted by molar-refractivity contribution is 9.10. The third-order valence-corrected chi connectivity index (χ3v) is 5.30. The van der Waals surface area contributed by atoms with Gasteiger partial charge in [0.05, 0.1) is 10.0 Å². The van der Waals surface area contributed by atoms with E-state index in [2.05, 4.69) is 21.2 Å². The summed E-state index contributed by atoms with van der Waals surface area (Å²) in [6.07, 6.45) is 4.39. The van der Waals surface area contributed by atoms with E-state index in [1.165, 1.54) is 18.9 Å². The summed E-state index contributed by atoms with van der Waals surface area (Å²) in [5.41, 5.74) is 0.401. The molecule has 2 aliphatic rings. The van der Waals surface area contributed by atoms with Crippen molar-refractivity contribution in [2.45, 2.75) is 43.8 Å². The van der Waals surface area contributed by atoms with E-state index in [1.54, 1.807) is 17.0 Å². The van der Waals surface area contributed by atoms with Gasteiger partial charge in [0.1, 0.15) is 5.82 Å². The first-order chi connectivity index (χ1) is 9.56. The first-order valence-electron chi connectivity index (χ1n) is 7.03. The molecule has 0 spiro atoms. The summed E-state index contributed by atoms with van der Waals surface area (Å²) in [7, 11) is 1.83. The molecule has 2 saturated heterocycles. The Morgan fingerprint density at radius 2 is 2.00 bits per heavy atom. The van der Waals surface area contributed by atoms with Crippen LogP contribution in [-0.2, 0) is 0 Å². The van der Waals surface area contributed by atoms with E-state index in [-0.39, 0.29) is 16.4 Å². The molecule has 2 heterocycles. The number of benzene rings is 1. The van der Waals surface area contributed by atoms with Crippen LogP contribution in [0.1, 0.15) is 36.0 Å². The SMILES string of the molecule is CN(C(=O)c1cccc(F)c1Br)C1CC2CCC(C1)N2. The second kappa shape index (κ2) is 5.45. The zero-order chi connectivity index (χ0) is 14.3. The Morgan fingerprint density at radius 3 is 2.65 bits per heavy atom. The topological polar surface area (TPSA) is 32.3 Å². The zero-order valence-corrected chi connectivity index (χ0v) is 13.0. The average Bonchev–Trinajstić information content (AvgIpc) is 2.79. The van der Waals surface area contributed by atoms with E-state index in [9.17, 15) is 9.18 Å². The van der Waals surface area contributed by atoms with Crippen LogP contribution in [0.3, 0.4) is 0 Å². The molecule has 2 unspecified atom stereocenters. The number of fused-ring (bicyclic) bond motifs is 2. The first-order valence-corrected chi connectivity index (χ1v) is 7.82. The van der Waals surface area contributed by atoms with Crippen LogP contribution in [0.5, 0.6) is 0 Å². The maximum Gasteiger partial charge on any atom is 0.255 e. The molecule has 2 aliphatic heterocycles. The molecular formula is C15H18BrFN2O. The number of hydrogen-bond acceptors (Lipinski definition) is 2. The summed E-state index contributed by atoms with van der Waals surface area (Å²) in [6, 6.07) is 5.91. The molecule has 2 fully saturated rings. The van der Waals surface area contributed by atoms with Crippen LogP contribution in [0.2, 0.25) is 0 Å². The highest BCUT2D eigenvalue weighted by Crippen LogP contribution is 2.30. The lowest BCUT2D eigenvalue weighted by Crippen LogP contribution is -2.48. The van der Waals surface area contributed by atoms with Crippen molar-refractivity contribution in [1.82, 2.24) is 10.2 Å². The summed E-state index contributed by atoms with van der Waals surface area (Å²) in [5.74, 6) is -0.502. The highest BCUT2D eigenvalue weighted by Gasteiger charge is 2.36. The molecule has 0 radical (unpaired) electrons. The molecule has 1 aromatic rings. The van der Waals surface area contributed by atoms with Crippen molar-refractivity contribution in [3.8, 4) is 0 Å². The molecule has 2 atom stereocenters. The number of piperidine rings is 1. The van der Waals surface area contributed by atoms with Crippen LogP contribution in [0.25, 0.3) is 0 Å². The maximum absolute atomic E-state index is 13.6. The number of carbonyl (C=O) groups is 1. The van der Waals surface area contributed by atoms with Crippen LogP contribution in [0, 0.1) is 5.82 Å². The van der Waals surface area contributed by atoms with Crippen LogP contribution in [-0.4, -0.2) is 36.0 Å². The number of rotatable bonds is 2. The monoisotopic (exact) mass is 340 g/mol. The van der Waals surface area contributed by atoms with Crippen molar-refractivity contribution < 1.29 is 9.18 Å². The fourth-order valence-electron chi connectivity index (χ4n) is 3.37. The summed E-state index contributed by atoms with van der Waals surface area (Å²) < 4.78 is 13.8. The van der Waals surface area contributed by atoms with Crippen LogP contribution in [0.4, 0.5) is 4.39 Å². The lowest BCUT2D eigenvalue weighted by Gasteiger charge is -2.35. The Bertz CT molecular complexity index is 525. The molecule has 5 heteroatoms. The Kier molecular flexibility index (Phi) is 3.82. The average molecular weight is 341 g/mol. The predicted molar refractivity (Wildman–Crippen MR) is 79.2 cm³/mol. The second-order valence-electron chi connectivity index (χ2n) is 5.78. The van der Waals surface area contributed by atoms with Gasteiger partial charge in [-0.2, -0.15) is 0 Å². The molecule has 108 valence electrons. The molecule has 20 heavy (non-hydrogen) atoms. The van der Waals surface area contributed by atoms with Gasteiger partial charge in [-0.3, -0.25) is 4.79 Å². The van der Waals surface area contributed by atoms with Gasteiger partial charge < -0.3 is 10.2 Å². The Balaban J connectivity index is 1.78. The second-order valence-corrected chi connectivity index (χ2v) is 6.57. The van der Waals surface area contributed by atoms with Gasteiger partial charge in [-0.25, -0.2) is 4.39 Å². The van der Waals surface area contributed by atoms with Crippen molar-refractivity contribution in [1.29, 1.82) is 0 Å². The van der Waals surface area contributed by atoms with E-state index < -0.39 is 5.82 Å². The molecule has 3 nitrogen and oxygen atoms in total. The minimum absolute atomic E-state index is 0.109. The normalized spacial score (nSPS) is 28.4. The van der Waals surface area contributed by atoms with E-state index in [4.69, 9.17) is 0 Å². The molecule has 3 rings (SSSR count). The Labute approximate surface area is 126 Å². The number of halogens is 2. The number of amides is 1. The molecular weight excluding hydrogens is 323 g/mol. The third kappa shape index (κ3) is 2.49. The van der Waals surface area contributed by atoms with Crippen molar-refractivity contribution in [3.63, 3.8) is 0 Å². The molecule has 0 saturated carbocycles. The standard InChI is InChI=1S/C15H18BrFN2O/c1-19(11-7-9-5-6-10(8-11)18-9)15(20)12-3-2-4-13(17)14(12)16/h2-4,9-11,18H,5-8H2,1H3. The largest absolute Gasteiger partial charge is 0.339 e. The Hall–Kier alpha value is -0.940. The van der Waals surface area contributed by atoms with Crippen LogP contribution >= 0.6 is 15.9 Å². The van der Waals surface area contributed by atoms with Gasteiger partial charge in [-0.05, 0) is 53.7 Å². The van der Waals surface area contributed by atoms with Gasteiger partial charge >= 0.3 is 0 Å². The smallest absolute Gasteiger partial charge is 0.255 e. The van der Waals surface area contributed by atoms with Gasteiger partial charge in [0, 0.05) is 25.2 Å². The van der Waals surface area contributed by atoms with Crippen molar-refractivity contribution in [2.24, 2.45) is 0 Å². The number of carbonyl (C=O) groups excluding carboxylic acids is 1. The van der Waals surface area contributed by atoms with Gasteiger partial charge in [-0.15, -0.1) is 0 Å². The molecule has 0 aromatic heterocycles. The molecule has 1 N–H and O–H groups in total. The highest BCUT2D eigenvalue weighted by atomic mass is 79.9. The summed E-state index contributed by atoms with van der Waals surface area (Å²) in [6.45, 7) is 0. The van der Waals surface area contributed by atoms with E-state index >= 15 is 0 Å². The van der Waals surface area contributed by atoms with Crippen molar-refractivity contribution in [2.75, 3.05) is 7.05 Å². The molecule has 0 aliphatic carbocycles. The van der Waals surface area contributed by atoms with Crippen LogP contribution < -0.4 is 5.32 Å². The van der Waals surface area contributed by atoms with Gasteiger partial charge in [0.25, 0.3) is 5.91 Å². The Morgan fingerprint density at radius 1 is 1.35 bits per heavy atom. The van der Waals surface area contributed by atoms with E-state index in [1.807, 2.05) is 7.05 Å². The summed E-state index contributed by atoms with van der Waals surface area (Å²) >= 11 is 3.17. The first kappa shape index (κ1) is 14.0.